The van der Waals surface area contributed by atoms with Crippen molar-refractivity contribution in [2.75, 3.05) is 0 Å². The minimum absolute atomic E-state index is 0. The zero-order valence-corrected chi connectivity index (χ0v) is 5.63. The van der Waals surface area contributed by atoms with Crippen molar-refractivity contribution < 1.29 is 9.90 Å². The number of hydrogen-bond acceptors (Lipinski definition) is 2. The Bertz CT molecular complexity index is 127. The van der Waals surface area contributed by atoms with Gasteiger partial charge in [0.25, 0.3) is 0 Å². The first-order chi connectivity index (χ1) is 3.77. The number of hydrogen-bond donors (Lipinski definition) is 1. The van der Waals surface area contributed by atoms with Crippen LogP contribution in [0, 0.1) is 0 Å². The number of carboxylic acids is 1. The summed E-state index contributed by atoms with van der Waals surface area (Å²) >= 11 is 0. The van der Waals surface area contributed by atoms with Gasteiger partial charge in [-0.2, -0.15) is 0 Å². The van der Waals surface area contributed by atoms with Gasteiger partial charge in [-0.25, -0.2) is 0 Å². The van der Waals surface area contributed by atoms with E-state index in [2.05, 4.69) is 0 Å². The number of allylic oxidation sites excluding steroid dienone is 3. The second-order valence-electron chi connectivity index (χ2n) is 1.20. The van der Waals surface area contributed by atoms with E-state index in [1.165, 1.54) is 6.08 Å². The summed E-state index contributed by atoms with van der Waals surface area (Å²) in [5.41, 5.74) is 0. The lowest BCUT2D eigenvalue weighted by Crippen LogP contribution is -2.18. The lowest BCUT2D eigenvalue weighted by molar-refractivity contribution is -0.297. The molecule has 0 fully saturated rings. The maximum absolute atomic E-state index is 9.64. The molecule has 0 amide bonds. The van der Waals surface area contributed by atoms with Gasteiger partial charge in [-0.15, -0.1) is 0 Å². The molecular formula is C6H11NO2. The van der Waals surface area contributed by atoms with Crippen LogP contribution in [0.5, 0.6) is 0 Å². The van der Waals surface area contributed by atoms with Crippen molar-refractivity contribution in [1.29, 1.82) is 0 Å². The van der Waals surface area contributed by atoms with E-state index < -0.39 is 5.97 Å². The molecule has 0 atom stereocenters. The Kier molecular flexibility index (Phi) is 8.30. The number of carboxylic acid groups (broad SMARTS) is 1. The molecule has 9 heavy (non-hydrogen) atoms. The lowest BCUT2D eigenvalue weighted by Gasteiger charge is -1.84. The lowest BCUT2D eigenvalue weighted by atomic mass is 10.4. The van der Waals surface area contributed by atoms with Crippen LogP contribution >= 0.6 is 0 Å². The molecule has 3 nitrogen and oxygen atoms in total. The number of quaternary nitrogens is 1. The second-order valence-corrected chi connectivity index (χ2v) is 1.20. The molecule has 52 valence electrons. The molecule has 0 radical (unpaired) electrons. The van der Waals surface area contributed by atoms with Crippen LogP contribution in [0.1, 0.15) is 6.92 Å². The van der Waals surface area contributed by atoms with Crippen LogP contribution in [0.25, 0.3) is 0 Å². The minimum atomic E-state index is -1.16. The monoisotopic (exact) mass is 129 g/mol. The van der Waals surface area contributed by atoms with E-state index >= 15 is 0 Å². The Labute approximate surface area is 54.3 Å². The third-order valence-electron chi connectivity index (χ3n) is 0.536. The van der Waals surface area contributed by atoms with Crippen molar-refractivity contribution in [2.45, 2.75) is 6.92 Å². The van der Waals surface area contributed by atoms with Crippen molar-refractivity contribution in [3.63, 3.8) is 0 Å². The van der Waals surface area contributed by atoms with Crippen LogP contribution in [0.2, 0.25) is 0 Å². The quantitative estimate of drug-likeness (QED) is 0.428. The fourth-order valence-corrected chi connectivity index (χ4v) is 0.245. The van der Waals surface area contributed by atoms with Crippen LogP contribution in [0.3, 0.4) is 0 Å². The van der Waals surface area contributed by atoms with Gasteiger partial charge in [-0.3, -0.25) is 0 Å². The molecular weight excluding hydrogens is 118 g/mol. The fourth-order valence-electron chi connectivity index (χ4n) is 0.245. The molecule has 0 spiro atoms. The van der Waals surface area contributed by atoms with Crippen molar-refractivity contribution >= 4 is 5.97 Å². The van der Waals surface area contributed by atoms with Gasteiger partial charge in [0.05, 0.1) is 5.97 Å². The van der Waals surface area contributed by atoms with Crippen molar-refractivity contribution in [1.82, 2.24) is 6.15 Å². The second kappa shape index (κ2) is 6.91. The largest absolute Gasteiger partial charge is 0.545 e. The summed E-state index contributed by atoms with van der Waals surface area (Å²) in [6.45, 7) is 1.81. The van der Waals surface area contributed by atoms with Gasteiger partial charge in [0.2, 0.25) is 0 Å². The molecule has 0 unspecified atom stereocenters. The summed E-state index contributed by atoms with van der Waals surface area (Å²) < 4.78 is 0. The molecule has 0 aromatic heterocycles. The molecule has 0 rings (SSSR count). The molecule has 0 saturated heterocycles. The number of carbonyl (C=O) groups is 1. The highest BCUT2D eigenvalue weighted by Gasteiger charge is 1.64. The van der Waals surface area contributed by atoms with E-state index in [1.807, 2.05) is 0 Å². The van der Waals surface area contributed by atoms with Crippen LogP contribution < -0.4 is 11.3 Å². The van der Waals surface area contributed by atoms with E-state index in [4.69, 9.17) is 0 Å². The summed E-state index contributed by atoms with van der Waals surface area (Å²) in [6.07, 6.45) is 5.74. The summed E-state index contributed by atoms with van der Waals surface area (Å²) in [5, 5.41) is 9.64. The van der Waals surface area contributed by atoms with Gasteiger partial charge in [0.15, 0.2) is 0 Å². The van der Waals surface area contributed by atoms with Crippen molar-refractivity contribution in [2.24, 2.45) is 0 Å². The minimum Gasteiger partial charge on any atom is -0.545 e. The zero-order chi connectivity index (χ0) is 6.41. The number of rotatable bonds is 2. The van der Waals surface area contributed by atoms with Crippen LogP contribution in [-0.4, -0.2) is 5.97 Å². The molecule has 4 N–H and O–H groups in total. The summed E-state index contributed by atoms with van der Waals surface area (Å²) in [6, 6.07) is 0. The first-order valence-electron chi connectivity index (χ1n) is 2.27. The van der Waals surface area contributed by atoms with Gasteiger partial charge in [-0.1, -0.05) is 18.2 Å². The van der Waals surface area contributed by atoms with E-state index in [0.29, 0.717) is 0 Å². The van der Waals surface area contributed by atoms with E-state index in [9.17, 15) is 9.90 Å². The van der Waals surface area contributed by atoms with Gasteiger partial charge in [0, 0.05) is 0 Å². The molecule has 0 saturated carbocycles. The summed E-state index contributed by atoms with van der Waals surface area (Å²) in [7, 11) is 0. The number of carbonyl (C=O) groups excluding carboxylic acids is 1. The number of aliphatic carboxylic acids is 1. The van der Waals surface area contributed by atoms with Crippen LogP contribution in [-0.2, 0) is 4.79 Å². The van der Waals surface area contributed by atoms with Crippen LogP contribution in [0.15, 0.2) is 24.3 Å². The molecule has 0 aromatic carbocycles. The molecule has 0 aliphatic rings. The third-order valence-corrected chi connectivity index (χ3v) is 0.536. The topological polar surface area (TPSA) is 76.6 Å². The van der Waals surface area contributed by atoms with Crippen molar-refractivity contribution in [3.05, 3.63) is 24.3 Å². The highest BCUT2D eigenvalue weighted by atomic mass is 16.4. The Morgan fingerprint density at radius 3 is 2.33 bits per heavy atom. The van der Waals surface area contributed by atoms with E-state index in [0.717, 1.165) is 6.08 Å². The Balaban J connectivity index is 0. The average molecular weight is 129 g/mol. The SMILES string of the molecule is C/C=C/C=C/C(=O)[O-].[NH4+]. The Morgan fingerprint density at radius 2 is 2.00 bits per heavy atom. The van der Waals surface area contributed by atoms with E-state index in [-0.39, 0.29) is 6.15 Å². The molecule has 0 bridgehead atoms. The predicted molar refractivity (Wildman–Crippen MR) is 34.9 cm³/mol. The Hall–Kier alpha value is -1.09. The molecule has 0 aliphatic carbocycles. The third kappa shape index (κ3) is 10.9. The van der Waals surface area contributed by atoms with Gasteiger partial charge in [0.1, 0.15) is 0 Å². The van der Waals surface area contributed by atoms with Gasteiger partial charge >= 0.3 is 0 Å². The average Bonchev–Trinajstić information content (AvgIpc) is 1.66. The standard InChI is InChI=1S/C6H8O2.H3N/c1-2-3-4-5-6(7)8;/h2-5H,1H3,(H,7,8);1H3/b3-2+,5-4+;. The molecule has 3 heteroatoms. The smallest absolute Gasteiger partial charge is 0.0642 e. The maximum atomic E-state index is 9.64. The molecule has 0 aliphatic heterocycles. The highest BCUT2D eigenvalue weighted by molar-refractivity contribution is 5.77. The predicted octanol–water partition coefficient (Wildman–Crippen LogP) is 0.245. The Morgan fingerprint density at radius 1 is 1.44 bits per heavy atom. The summed E-state index contributed by atoms with van der Waals surface area (Å²) in [4.78, 5) is 9.64. The maximum Gasteiger partial charge on any atom is 0.0642 e. The zero-order valence-electron chi connectivity index (χ0n) is 5.63. The van der Waals surface area contributed by atoms with Crippen LogP contribution in [0.4, 0.5) is 0 Å². The first-order valence-corrected chi connectivity index (χ1v) is 2.27. The van der Waals surface area contributed by atoms with Gasteiger partial charge < -0.3 is 16.1 Å². The van der Waals surface area contributed by atoms with E-state index in [1.54, 1.807) is 19.1 Å². The molecule has 0 aromatic rings. The fraction of sp³-hybridized carbons (Fsp3) is 0.167. The first kappa shape index (κ1) is 10.8. The molecule has 0 heterocycles. The normalized spacial score (nSPS) is 9.89. The van der Waals surface area contributed by atoms with Gasteiger partial charge in [-0.05, 0) is 13.0 Å². The van der Waals surface area contributed by atoms with Crippen molar-refractivity contribution in [3.8, 4) is 0 Å². The highest BCUT2D eigenvalue weighted by Crippen LogP contribution is 1.72. The summed E-state index contributed by atoms with van der Waals surface area (Å²) in [5.74, 6) is -1.16.